The van der Waals surface area contributed by atoms with Crippen LogP contribution in [-0.4, -0.2) is 26.3 Å². The fourth-order valence-electron chi connectivity index (χ4n) is 3.71. The first-order valence-electron chi connectivity index (χ1n) is 9.85. The number of nitrogens with zero attached hydrogens (tertiary/aromatic N) is 3. The van der Waals surface area contributed by atoms with Gasteiger partial charge in [0, 0.05) is 24.6 Å². The Morgan fingerprint density at radius 2 is 1.97 bits per heavy atom. The van der Waals surface area contributed by atoms with E-state index in [0.717, 1.165) is 36.9 Å². The van der Waals surface area contributed by atoms with E-state index in [2.05, 4.69) is 31.2 Å². The van der Waals surface area contributed by atoms with Crippen molar-refractivity contribution in [3.8, 4) is 0 Å². The fourth-order valence-corrected chi connectivity index (χ4v) is 3.71. The van der Waals surface area contributed by atoms with Crippen LogP contribution in [0, 0.1) is 5.92 Å². The first kappa shape index (κ1) is 19.1. The average molecular weight is 392 g/mol. The van der Waals surface area contributed by atoms with E-state index in [4.69, 9.17) is 4.84 Å². The van der Waals surface area contributed by atoms with Crippen molar-refractivity contribution in [1.82, 2.24) is 25.9 Å². The van der Waals surface area contributed by atoms with Crippen LogP contribution in [0.2, 0.25) is 0 Å². The van der Waals surface area contributed by atoms with Gasteiger partial charge in [0.1, 0.15) is 11.8 Å². The second-order valence-corrected chi connectivity index (χ2v) is 7.16. The minimum atomic E-state index is -0.308. The van der Waals surface area contributed by atoms with Crippen LogP contribution in [-0.2, 0) is 11.4 Å². The maximum atomic E-state index is 12.8. The second-order valence-electron chi connectivity index (χ2n) is 7.16. The molecule has 8 heteroatoms. The monoisotopic (exact) mass is 392 g/mol. The van der Waals surface area contributed by atoms with Crippen LogP contribution in [0.25, 0.3) is 0 Å². The number of nitrogens with one attached hydrogen (secondary N) is 3. The van der Waals surface area contributed by atoms with Gasteiger partial charge in [0.15, 0.2) is 0 Å². The van der Waals surface area contributed by atoms with Crippen LogP contribution in [0.15, 0.2) is 55.0 Å². The number of aromatic amines is 1. The van der Waals surface area contributed by atoms with Crippen molar-refractivity contribution in [2.24, 2.45) is 5.92 Å². The summed E-state index contributed by atoms with van der Waals surface area (Å²) in [5.41, 5.74) is 5.68. The zero-order chi connectivity index (χ0) is 19.9. The summed E-state index contributed by atoms with van der Waals surface area (Å²) < 4.78 is 0. The summed E-state index contributed by atoms with van der Waals surface area (Å²) >= 11 is 0. The first-order chi connectivity index (χ1) is 14.3. The Kier molecular flexibility index (Phi) is 6.11. The fraction of sp³-hybridized carbons (Fsp3) is 0.333. The molecule has 1 aliphatic rings. The molecular formula is C21H24N6O2. The molecule has 150 valence electrons. The maximum absolute atomic E-state index is 12.8. The standard InChI is InChI=1S/C21H24N6O2/c28-21(26-29-20(16-5-1-2-6-16)19-14-24-27-25-19)17-7-3-4-8-18(17)23-13-15-9-11-22-12-10-15/h3-4,7-12,14,16,20,23H,1-2,5-6,13H2,(H,26,28)(H,24,25,27). The van der Waals surface area contributed by atoms with Gasteiger partial charge >= 0.3 is 0 Å². The van der Waals surface area contributed by atoms with Gasteiger partial charge in [0.2, 0.25) is 0 Å². The molecule has 2 aromatic heterocycles. The van der Waals surface area contributed by atoms with Gasteiger partial charge in [-0.2, -0.15) is 15.4 Å². The molecule has 1 aliphatic carbocycles. The molecule has 0 saturated heterocycles. The number of anilines is 1. The largest absolute Gasteiger partial charge is 0.380 e. The Morgan fingerprint density at radius 3 is 2.72 bits per heavy atom. The molecule has 3 aromatic rings. The van der Waals surface area contributed by atoms with E-state index in [1.165, 1.54) is 0 Å². The highest BCUT2D eigenvalue weighted by atomic mass is 16.7. The zero-order valence-electron chi connectivity index (χ0n) is 16.0. The van der Waals surface area contributed by atoms with Gasteiger partial charge in [-0.15, -0.1) is 0 Å². The molecule has 0 spiro atoms. The van der Waals surface area contributed by atoms with Crippen molar-refractivity contribution < 1.29 is 9.63 Å². The molecule has 1 aromatic carbocycles. The normalized spacial score (nSPS) is 15.2. The number of aromatic nitrogens is 4. The van der Waals surface area contributed by atoms with Crippen molar-refractivity contribution in [1.29, 1.82) is 0 Å². The highest BCUT2D eigenvalue weighted by molar-refractivity contribution is 5.99. The topological polar surface area (TPSA) is 105 Å². The predicted octanol–water partition coefficient (Wildman–Crippen LogP) is 3.40. The van der Waals surface area contributed by atoms with Crippen molar-refractivity contribution in [3.63, 3.8) is 0 Å². The summed E-state index contributed by atoms with van der Waals surface area (Å²) in [6, 6.07) is 11.2. The van der Waals surface area contributed by atoms with Crippen LogP contribution in [0.1, 0.15) is 53.4 Å². The van der Waals surface area contributed by atoms with E-state index in [-0.39, 0.29) is 12.0 Å². The summed E-state index contributed by atoms with van der Waals surface area (Å²) in [6.07, 6.45) is 9.27. The van der Waals surface area contributed by atoms with E-state index in [1.807, 2.05) is 30.3 Å². The van der Waals surface area contributed by atoms with Gasteiger partial charge in [-0.05, 0) is 48.6 Å². The lowest BCUT2D eigenvalue weighted by Crippen LogP contribution is -2.29. The van der Waals surface area contributed by atoms with Crippen molar-refractivity contribution >= 4 is 11.6 Å². The lowest BCUT2D eigenvalue weighted by Gasteiger charge is -2.21. The Balaban J connectivity index is 1.42. The number of para-hydroxylation sites is 1. The number of rotatable bonds is 8. The average Bonchev–Trinajstić information content (AvgIpc) is 3.48. The van der Waals surface area contributed by atoms with Crippen LogP contribution in [0.4, 0.5) is 5.69 Å². The lowest BCUT2D eigenvalue weighted by molar-refractivity contribution is -0.0464. The lowest BCUT2D eigenvalue weighted by atomic mass is 9.99. The molecule has 1 saturated carbocycles. The molecule has 1 atom stereocenters. The number of hydrogen-bond donors (Lipinski definition) is 3. The highest BCUT2D eigenvalue weighted by Crippen LogP contribution is 2.36. The summed E-state index contributed by atoms with van der Waals surface area (Å²) in [5, 5.41) is 14.0. The molecule has 8 nitrogen and oxygen atoms in total. The van der Waals surface area contributed by atoms with E-state index < -0.39 is 0 Å². The molecular weight excluding hydrogens is 368 g/mol. The number of pyridine rings is 1. The Bertz CT molecular complexity index is 910. The zero-order valence-corrected chi connectivity index (χ0v) is 16.0. The van der Waals surface area contributed by atoms with Crippen LogP contribution in [0.3, 0.4) is 0 Å². The molecule has 0 radical (unpaired) electrons. The van der Waals surface area contributed by atoms with Gasteiger partial charge in [-0.25, -0.2) is 5.48 Å². The van der Waals surface area contributed by atoms with Gasteiger partial charge in [0.05, 0.1) is 11.8 Å². The molecule has 0 aliphatic heterocycles. The number of carbonyl (C=O) groups excluding carboxylic acids is 1. The second kappa shape index (κ2) is 9.29. The highest BCUT2D eigenvalue weighted by Gasteiger charge is 2.30. The molecule has 2 heterocycles. The number of hydrogen-bond acceptors (Lipinski definition) is 6. The summed E-state index contributed by atoms with van der Waals surface area (Å²) in [4.78, 5) is 22.7. The SMILES string of the molecule is O=C(NOC(c1cn[nH]n1)C1CCCC1)c1ccccc1NCc1ccncc1. The third-order valence-corrected chi connectivity index (χ3v) is 5.24. The Labute approximate surface area is 169 Å². The van der Waals surface area contributed by atoms with E-state index in [9.17, 15) is 4.79 Å². The third kappa shape index (κ3) is 4.78. The number of hydroxylamine groups is 1. The Morgan fingerprint density at radius 1 is 1.17 bits per heavy atom. The summed E-state index contributed by atoms with van der Waals surface area (Å²) in [5.74, 6) is 0.0229. The van der Waals surface area contributed by atoms with Gasteiger partial charge < -0.3 is 5.32 Å². The van der Waals surface area contributed by atoms with Crippen molar-refractivity contribution in [3.05, 3.63) is 71.8 Å². The maximum Gasteiger partial charge on any atom is 0.276 e. The molecule has 0 bridgehead atoms. The van der Waals surface area contributed by atoms with Crippen LogP contribution >= 0.6 is 0 Å². The van der Waals surface area contributed by atoms with Gasteiger partial charge in [-0.3, -0.25) is 14.6 Å². The minimum Gasteiger partial charge on any atom is -0.380 e. The minimum absolute atomic E-state index is 0.297. The van der Waals surface area contributed by atoms with Gasteiger partial charge in [0.25, 0.3) is 5.91 Å². The molecule has 3 N–H and O–H groups in total. The first-order valence-corrected chi connectivity index (χ1v) is 9.85. The van der Waals surface area contributed by atoms with E-state index in [0.29, 0.717) is 23.7 Å². The number of H-pyrrole nitrogens is 1. The number of benzene rings is 1. The molecule has 4 rings (SSSR count). The van der Waals surface area contributed by atoms with Crippen molar-refractivity contribution in [2.45, 2.75) is 38.3 Å². The Hall–Kier alpha value is -3.26. The molecule has 1 fully saturated rings. The van der Waals surface area contributed by atoms with E-state index >= 15 is 0 Å². The summed E-state index contributed by atoms with van der Waals surface area (Å²) in [7, 11) is 0. The quantitative estimate of drug-likeness (QED) is 0.508. The van der Waals surface area contributed by atoms with Crippen LogP contribution in [0.5, 0.6) is 0 Å². The molecule has 29 heavy (non-hydrogen) atoms. The molecule has 1 unspecified atom stereocenters. The predicted molar refractivity (Wildman–Crippen MR) is 108 cm³/mol. The van der Waals surface area contributed by atoms with Crippen LogP contribution < -0.4 is 10.8 Å². The van der Waals surface area contributed by atoms with Crippen molar-refractivity contribution in [2.75, 3.05) is 5.32 Å². The van der Waals surface area contributed by atoms with E-state index in [1.54, 1.807) is 24.7 Å². The smallest absolute Gasteiger partial charge is 0.276 e. The number of carbonyl (C=O) groups is 1. The summed E-state index contributed by atoms with van der Waals surface area (Å²) in [6.45, 7) is 0.595. The third-order valence-electron chi connectivity index (χ3n) is 5.24. The molecule has 1 amide bonds. The van der Waals surface area contributed by atoms with Gasteiger partial charge in [-0.1, -0.05) is 25.0 Å². The number of amides is 1.